The van der Waals surface area contributed by atoms with Crippen LogP contribution in [0.15, 0.2) is 0 Å². The van der Waals surface area contributed by atoms with E-state index < -0.39 is 0 Å². The summed E-state index contributed by atoms with van der Waals surface area (Å²) in [6, 6.07) is 0. The average molecular weight is 226 g/mol. The molecule has 0 aliphatic heterocycles. The van der Waals surface area contributed by atoms with Gasteiger partial charge in [0.15, 0.2) is 0 Å². The van der Waals surface area contributed by atoms with Crippen LogP contribution in [0.3, 0.4) is 0 Å². The first-order valence-corrected chi connectivity index (χ1v) is 3.00. The number of rotatable bonds is 0. The molecule has 1 nitrogen and oxygen atoms in total. The zero-order valence-corrected chi connectivity index (χ0v) is 8.65. The molecule has 64 valence electrons. The molecule has 0 unspecified atom stereocenters. The number of hydrogen-bond donors (Lipinski definition) is 0. The molecular formula is C6H14Cl2MnN. The molecule has 1 aliphatic carbocycles. The Bertz CT molecular complexity index is 31.2. The molecule has 0 aromatic rings. The van der Waals surface area contributed by atoms with Crippen LogP contribution in [0, 0.1) is 0 Å². The molecule has 0 atom stereocenters. The molecule has 1 rings (SSSR count). The van der Waals surface area contributed by atoms with Crippen molar-refractivity contribution >= 4 is 0 Å². The van der Waals surface area contributed by atoms with E-state index in [1.807, 2.05) is 0 Å². The van der Waals surface area contributed by atoms with E-state index in [1.165, 1.54) is 38.5 Å². The van der Waals surface area contributed by atoms with Gasteiger partial charge in [-0.15, -0.1) is 0 Å². The monoisotopic (exact) mass is 225 g/mol. The first-order valence-electron chi connectivity index (χ1n) is 3.00. The summed E-state index contributed by atoms with van der Waals surface area (Å²) in [6.45, 7) is 0. The van der Waals surface area contributed by atoms with Gasteiger partial charge in [0.1, 0.15) is 0 Å². The second kappa shape index (κ2) is 16.6. The quantitative estimate of drug-likeness (QED) is 0.396. The van der Waals surface area contributed by atoms with Crippen LogP contribution in [-0.4, -0.2) is 0 Å². The smallest absolute Gasteiger partial charge is 1.00 e. The van der Waals surface area contributed by atoms with E-state index in [0.29, 0.717) is 0 Å². The molecule has 10 heavy (non-hydrogen) atoms. The minimum atomic E-state index is 0. The first-order chi connectivity index (χ1) is 3.00. The Morgan fingerprint density at radius 3 is 0.700 bits per heavy atom. The van der Waals surface area contributed by atoms with Gasteiger partial charge in [-0.1, -0.05) is 38.5 Å². The van der Waals surface area contributed by atoms with E-state index in [-0.39, 0.29) is 48.0 Å². The van der Waals surface area contributed by atoms with Crippen LogP contribution >= 0.6 is 0 Å². The van der Waals surface area contributed by atoms with E-state index in [2.05, 4.69) is 0 Å². The predicted molar refractivity (Wildman–Crippen MR) is 33.0 cm³/mol. The van der Waals surface area contributed by atoms with Crippen molar-refractivity contribution in [3.05, 3.63) is 6.15 Å². The van der Waals surface area contributed by atoms with Gasteiger partial charge in [0.25, 0.3) is 0 Å². The Labute approximate surface area is 86.6 Å². The van der Waals surface area contributed by atoms with Crippen molar-refractivity contribution in [1.82, 2.24) is 0 Å². The summed E-state index contributed by atoms with van der Waals surface area (Å²) in [5.41, 5.74) is 0. The average Bonchev–Trinajstić information content (AvgIpc) is 1.72. The Hall–Kier alpha value is 1.06. The van der Waals surface area contributed by atoms with Crippen LogP contribution in [-0.2, 0) is 17.1 Å². The van der Waals surface area contributed by atoms with Crippen molar-refractivity contribution in [2.75, 3.05) is 0 Å². The third-order valence-electron chi connectivity index (χ3n) is 1.50. The van der Waals surface area contributed by atoms with Crippen molar-refractivity contribution < 1.29 is 41.9 Å². The SMILES string of the molecule is C1CCCCC1.[Cl-].[Cl-].[Mn+3].[NH2-]. The maximum atomic E-state index is 1.50. The molecule has 0 saturated heterocycles. The fourth-order valence-corrected chi connectivity index (χ4v) is 1.06. The Balaban J connectivity index is -0.0000000450. The second-order valence-electron chi connectivity index (χ2n) is 2.12. The van der Waals surface area contributed by atoms with Crippen molar-refractivity contribution in [2.45, 2.75) is 38.5 Å². The van der Waals surface area contributed by atoms with Gasteiger partial charge in [-0.2, -0.15) is 0 Å². The summed E-state index contributed by atoms with van der Waals surface area (Å²) >= 11 is 0. The molecule has 0 spiro atoms. The Morgan fingerprint density at radius 2 is 0.600 bits per heavy atom. The first kappa shape index (κ1) is 22.5. The van der Waals surface area contributed by atoms with Crippen LogP contribution in [0.1, 0.15) is 38.5 Å². The zero-order valence-electron chi connectivity index (χ0n) is 5.95. The number of halogens is 2. The van der Waals surface area contributed by atoms with Gasteiger partial charge in [0.2, 0.25) is 0 Å². The molecule has 1 aliphatic rings. The molecule has 0 bridgehead atoms. The normalized spacial score (nSPS) is 14.4. The summed E-state index contributed by atoms with van der Waals surface area (Å²) in [5, 5.41) is 0. The summed E-state index contributed by atoms with van der Waals surface area (Å²) in [6.07, 6.45) is 9.00. The van der Waals surface area contributed by atoms with Gasteiger partial charge in [0, 0.05) is 0 Å². The summed E-state index contributed by atoms with van der Waals surface area (Å²) in [5.74, 6) is 0. The maximum absolute atomic E-state index is 1.50. The van der Waals surface area contributed by atoms with Crippen LogP contribution in [0.2, 0.25) is 0 Å². The molecular weight excluding hydrogens is 212 g/mol. The summed E-state index contributed by atoms with van der Waals surface area (Å²) in [4.78, 5) is 0. The molecule has 1 saturated carbocycles. The van der Waals surface area contributed by atoms with Crippen molar-refractivity contribution in [3.63, 3.8) is 0 Å². The summed E-state index contributed by atoms with van der Waals surface area (Å²) < 4.78 is 0. The van der Waals surface area contributed by atoms with E-state index >= 15 is 0 Å². The van der Waals surface area contributed by atoms with Gasteiger partial charge < -0.3 is 31.0 Å². The topological polar surface area (TPSA) is 33.5 Å². The standard InChI is InChI=1S/C6H12.2ClH.Mn.H2N/c1-2-4-6-5-3-1;;;;/h1-6H2;2*1H;;1H2/q;;;+3;-1/p-2. The molecule has 0 heterocycles. The summed E-state index contributed by atoms with van der Waals surface area (Å²) in [7, 11) is 0. The molecule has 0 radical (unpaired) electrons. The van der Waals surface area contributed by atoms with Crippen LogP contribution in [0.4, 0.5) is 0 Å². The van der Waals surface area contributed by atoms with E-state index in [9.17, 15) is 0 Å². The van der Waals surface area contributed by atoms with E-state index in [0.717, 1.165) is 0 Å². The molecule has 0 aromatic heterocycles. The minimum absolute atomic E-state index is 0. The van der Waals surface area contributed by atoms with Crippen molar-refractivity contribution in [1.29, 1.82) is 0 Å². The van der Waals surface area contributed by atoms with Gasteiger partial charge >= 0.3 is 17.1 Å². The fourth-order valence-electron chi connectivity index (χ4n) is 1.06. The predicted octanol–water partition coefficient (Wildman–Crippen LogP) is -2.94. The van der Waals surface area contributed by atoms with Gasteiger partial charge in [0.05, 0.1) is 0 Å². The Kier molecular flexibility index (Phi) is 37.2. The van der Waals surface area contributed by atoms with Gasteiger partial charge in [-0.05, 0) is 0 Å². The van der Waals surface area contributed by atoms with E-state index in [4.69, 9.17) is 0 Å². The molecule has 0 amide bonds. The van der Waals surface area contributed by atoms with Crippen LogP contribution < -0.4 is 24.8 Å². The molecule has 1 fully saturated rings. The molecule has 4 heteroatoms. The van der Waals surface area contributed by atoms with Gasteiger partial charge in [-0.25, -0.2) is 0 Å². The Morgan fingerprint density at radius 1 is 0.500 bits per heavy atom. The van der Waals surface area contributed by atoms with Crippen molar-refractivity contribution in [3.8, 4) is 0 Å². The molecule has 2 N–H and O–H groups in total. The zero-order chi connectivity index (χ0) is 4.24. The van der Waals surface area contributed by atoms with Gasteiger partial charge in [-0.3, -0.25) is 0 Å². The third-order valence-corrected chi connectivity index (χ3v) is 1.50. The second-order valence-corrected chi connectivity index (χ2v) is 2.12. The third kappa shape index (κ3) is 11.8. The minimum Gasteiger partial charge on any atom is -1.00 e. The maximum Gasteiger partial charge on any atom is 3.00 e. The van der Waals surface area contributed by atoms with Crippen LogP contribution in [0.25, 0.3) is 6.15 Å². The van der Waals surface area contributed by atoms with Crippen LogP contribution in [0.5, 0.6) is 0 Å². The molecule has 0 aromatic carbocycles. The number of hydrogen-bond acceptors (Lipinski definition) is 0. The fraction of sp³-hybridized carbons (Fsp3) is 1.00. The van der Waals surface area contributed by atoms with E-state index in [1.54, 1.807) is 0 Å². The van der Waals surface area contributed by atoms with Crippen molar-refractivity contribution in [2.24, 2.45) is 0 Å². The largest absolute Gasteiger partial charge is 3.00 e. The number of nitrogens with two attached hydrogens (primary N) is 1.